The fourth-order valence-electron chi connectivity index (χ4n) is 1.16. The number of oxime groups is 1. The Morgan fingerprint density at radius 2 is 1.65 bits per heavy atom. The average molecular weight is 288 g/mol. The Morgan fingerprint density at radius 1 is 1.05 bits per heavy atom. The van der Waals surface area contributed by atoms with Gasteiger partial charge in [-0.15, -0.1) is 0 Å². The van der Waals surface area contributed by atoms with E-state index in [2.05, 4.69) is 10.5 Å². The zero-order chi connectivity index (χ0) is 16.2. The normalized spacial score (nSPS) is 8.35. The molecule has 0 atom stereocenters. The molecule has 0 bridgehead atoms. The summed E-state index contributed by atoms with van der Waals surface area (Å²) in [6.45, 7) is 15.3. The van der Waals surface area contributed by atoms with Crippen LogP contribution in [0.25, 0.3) is 0 Å². The average Bonchev–Trinajstić information content (AvgIpc) is 2.48. The molecule has 1 N–H and O–H groups in total. The Labute approximate surface area is 126 Å². The Bertz CT molecular complexity index is 213. The number of amides is 1. The smallest absolute Gasteiger partial charge is 0.219 e. The highest BCUT2D eigenvalue weighted by Crippen LogP contribution is 2.00. The van der Waals surface area contributed by atoms with E-state index in [1.54, 1.807) is 0 Å². The van der Waals surface area contributed by atoms with Crippen molar-refractivity contribution < 1.29 is 9.63 Å². The van der Waals surface area contributed by atoms with Crippen LogP contribution in [0.3, 0.4) is 0 Å². The van der Waals surface area contributed by atoms with Crippen LogP contribution in [-0.2, 0) is 9.63 Å². The van der Waals surface area contributed by atoms with E-state index in [0.29, 0.717) is 13.0 Å². The zero-order valence-corrected chi connectivity index (χ0v) is 14.7. The molecule has 0 rings (SSSR count). The first-order valence-corrected chi connectivity index (χ1v) is 8.06. The molecule has 4 nitrogen and oxygen atoms in total. The van der Waals surface area contributed by atoms with E-state index in [1.807, 2.05) is 48.5 Å². The second kappa shape index (κ2) is 23.1. The standard InChI is InChI=1S/C12H24N2O2.2C2H6/c1-4-9-13-12(15)8-6-5-7-10-16-14-11(2)3;2*1-2/h4-10H2,1-3H3,(H,13,15);2*1-2H3. The maximum Gasteiger partial charge on any atom is 0.219 e. The Hall–Kier alpha value is -1.06. The van der Waals surface area contributed by atoms with Gasteiger partial charge in [-0.1, -0.05) is 39.8 Å². The Balaban J connectivity index is -0.000000656. The summed E-state index contributed by atoms with van der Waals surface area (Å²) in [7, 11) is 0. The van der Waals surface area contributed by atoms with E-state index < -0.39 is 0 Å². The molecule has 0 aromatic carbocycles. The van der Waals surface area contributed by atoms with E-state index >= 15 is 0 Å². The summed E-state index contributed by atoms with van der Waals surface area (Å²) in [5.74, 6) is 0.158. The van der Waals surface area contributed by atoms with Gasteiger partial charge in [-0.2, -0.15) is 0 Å². The Kier molecular flexibility index (Phi) is 27.7. The van der Waals surface area contributed by atoms with E-state index in [-0.39, 0.29) is 5.91 Å². The maximum atomic E-state index is 11.2. The molecule has 122 valence electrons. The third kappa shape index (κ3) is 25.7. The molecule has 0 aliphatic carbocycles. The van der Waals surface area contributed by atoms with Crippen LogP contribution in [0.15, 0.2) is 5.16 Å². The van der Waals surface area contributed by atoms with Crippen molar-refractivity contribution in [3.63, 3.8) is 0 Å². The highest BCUT2D eigenvalue weighted by Gasteiger charge is 1.99. The van der Waals surface area contributed by atoms with Crippen molar-refractivity contribution in [2.75, 3.05) is 13.2 Å². The third-order valence-corrected chi connectivity index (χ3v) is 1.96. The number of rotatable bonds is 9. The van der Waals surface area contributed by atoms with Gasteiger partial charge in [0, 0.05) is 13.0 Å². The van der Waals surface area contributed by atoms with Gasteiger partial charge in [-0.3, -0.25) is 4.79 Å². The summed E-state index contributed by atoms with van der Waals surface area (Å²) >= 11 is 0. The van der Waals surface area contributed by atoms with Crippen LogP contribution >= 0.6 is 0 Å². The fraction of sp³-hybridized carbons (Fsp3) is 0.875. The van der Waals surface area contributed by atoms with Crippen molar-refractivity contribution in [1.29, 1.82) is 0 Å². The molecule has 0 aromatic rings. The number of carbonyl (C=O) groups is 1. The maximum absolute atomic E-state index is 11.2. The van der Waals surface area contributed by atoms with Crippen molar-refractivity contribution in [3.8, 4) is 0 Å². The van der Waals surface area contributed by atoms with Gasteiger partial charge in [0.1, 0.15) is 6.61 Å². The predicted octanol–water partition coefficient (Wildman–Crippen LogP) is 4.54. The summed E-state index contributed by atoms with van der Waals surface area (Å²) in [5, 5.41) is 6.69. The third-order valence-electron chi connectivity index (χ3n) is 1.96. The number of hydrogen-bond donors (Lipinski definition) is 1. The van der Waals surface area contributed by atoms with Gasteiger partial charge < -0.3 is 10.2 Å². The van der Waals surface area contributed by atoms with Crippen LogP contribution in [0.5, 0.6) is 0 Å². The molecule has 0 spiro atoms. The minimum Gasteiger partial charge on any atom is -0.396 e. The van der Waals surface area contributed by atoms with Gasteiger partial charge in [-0.25, -0.2) is 0 Å². The molecule has 0 fully saturated rings. The summed E-state index contributed by atoms with van der Waals surface area (Å²) in [5.41, 5.74) is 0.930. The number of nitrogens with zero attached hydrogens (tertiary/aromatic N) is 1. The van der Waals surface area contributed by atoms with E-state index in [1.165, 1.54) is 0 Å². The molecule has 20 heavy (non-hydrogen) atoms. The summed E-state index contributed by atoms with van der Waals surface area (Å²) < 4.78 is 0. The SMILES string of the molecule is CC.CC.CCCNC(=O)CCCCCON=C(C)C. The van der Waals surface area contributed by atoms with E-state index in [0.717, 1.165) is 37.9 Å². The first kappa shape index (κ1) is 24.0. The lowest BCUT2D eigenvalue weighted by Crippen LogP contribution is -2.23. The van der Waals surface area contributed by atoms with E-state index in [9.17, 15) is 4.79 Å². The minimum absolute atomic E-state index is 0.158. The lowest BCUT2D eigenvalue weighted by molar-refractivity contribution is -0.121. The number of hydrogen-bond acceptors (Lipinski definition) is 3. The van der Waals surface area contributed by atoms with Gasteiger partial charge in [0.15, 0.2) is 0 Å². The zero-order valence-electron chi connectivity index (χ0n) is 14.7. The highest BCUT2D eigenvalue weighted by atomic mass is 16.6. The molecule has 0 aliphatic rings. The number of carbonyl (C=O) groups excluding carboxylic acids is 1. The minimum atomic E-state index is 0.158. The molecule has 4 heteroatoms. The number of nitrogens with one attached hydrogen (secondary N) is 1. The first-order chi connectivity index (χ1) is 9.66. The predicted molar refractivity (Wildman–Crippen MR) is 89.2 cm³/mol. The van der Waals surface area contributed by atoms with Gasteiger partial charge in [0.05, 0.1) is 5.71 Å². The van der Waals surface area contributed by atoms with Crippen LogP contribution < -0.4 is 5.32 Å². The van der Waals surface area contributed by atoms with Crippen molar-refractivity contribution in [1.82, 2.24) is 5.32 Å². The molecule has 0 aliphatic heterocycles. The molecule has 0 unspecified atom stereocenters. The van der Waals surface area contributed by atoms with E-state index in [4.69, 9.17) is 4.84 Å². The van der Waals surface area contributed by atoms with Crippen LogP contribution in [0.2, 0.25) is 0 Å². The molecular weight excluding hydrogens is 252 g/mol. The molecule has 0 heterocycles. The monoisotopic (exact) mass is 288 g/mol. The van der Waals surface area contributed by atoms with Crippen LogP contribution in [0.4, 0.5) is 0 Å². The van der Waals surface area contributed by atoms with Crippen LogP contribution in [0.1, 0.15) is 80.6 Å². The van der Waals surface area contributed by atoms with Crippen molar-refractivity contribution >= 4 is 11.6 Å². The second-order valence-corrected chi connectivity index (χ2v) is 4.03. The largest absolute Gasteiger partial charge is 0.396 e. The van der Waals surface area contributed by atoms with Gasteiger partial charge in [0.25, 0.3) is 0 Å². The topological polar surface area (TPSA) is 50.7 Å². The molecule has 1 amide bonds. The number of unbranched alkanes of at least 4 members (excludes halogenated alkanes) is 2. The molecule has 0 radical (unpaired) electrons. The van der Waals surface area contributed by atoms with Crippen molar-refractivity contribution in [3.05, 3.63) is 0 Å². The molecule has 0 saturated heterocycles. The first-order valence-electron chi connectivity index (χ1n) is 8.06. The quantitative estimate of drug-likeness (QED) is 0.385. The van der Waals surface area contributed by atoms with Crippen molar-refractivity contribution in [2.24, 2.45) is 5.16 Å². The van der Waals surface area contributed by atoms with Gasteiger partial charge in [0.2, 0.25) is 5.91 Å². The van der Waals surface area contributed by atoms with Crippen LogP contribution in [-0.4, -0.2) is 24.8 Å². The summed E-state index contributed by atoms with van der Waals surface area (Å²) in [6, 6.07) is 0. The van der Waals surface area contributed by atoms with Gasteiger partial charge >= 0.3 is 0 Å². The lowest BCUT2D eigenvalue weighted by Gasteiger charge is -2.03. The molecule has 0 aromatic heterocycles. The van der Waals surface area contributed by atoms with Crippen molar-refractivity contribution in [2.45, 2.75) is 80.6 Å². The molecular formula is C16H36N2O2. The lowest BCUT2D eigenvalue weighted by atomic mass is 10.2. The van der Waals surface area contributed by atoms with Gasteiger partial charge in [-0.05, 0) is 39.5 Å². The highest BCUT2D eigenvalue weighted by molar-refractivity contribution is 5.78. The summed E-state index contributed by atoms with van der Waals surface area (Å²) in [6.07, 6.45) is 4.51. The second-order valence-electron chi connectivity index (χ2n) is 4.03. The summed E-state index contributed by atoms with van der Waals surface area (Å²) in [4.78, 5) is 16.3. The van der Waals surface area contributed by atoms with Crippen LogP contribution in [0, 0.1) is 0 Å². The molecule has 0 saturated carbocycles. The Morgan fingerprint density at radius 3 is 2.15 bits per heavy atom. The fourth-order valence-corrected chi connectivity index (χ4v) is 1.16.